The van der Waals surface area contributed by atoms with Crippen LogP contribution in [0, 0.1) is 23.2 Å². The SMILES string of the molecule is C=C(C(=O)O)C12CCC(C1)C1CCCC12. The molecule has 3 aliphatic carbocycles. The van der Waals surface area contributed by atoms with Crippen molar-refractivity contribution < 1.29 is 9.90 Å². The highest BCUT2D eigenvalue weighted by Gasteiger charge is 2.60. The number of aliphatic carboxylic acids is 1. The van der Waals surface area contributed by atoms with Gasteiger partial charge in [0.25, 0.3) is 0 Å². The molecule has 0 heterocycles. The summed E-state index contributed by atoms with van der Waals surface area (Å²) in [6.45, 7) is 3.87. The molecule has 0 aliphatic heterocycles. The molecule has 0 aromatic carbocycles. The summed E-state index contributed by atoms with van der Waals surface area (Å²) in [6.07, 6.45) is 7.34. The number of hydrogen-bond acceptors (Lipinski definition) is 1. The monoisotopic (exact) mass is 206 g/mol. The van der Waals surface area contributed by atoms with Gasteiger partial charge in [0.2, 0.25) is 0 Å². The predicted molar refractivity (Wildman–Crippen MR) is 57.4 cm³/mol. The van der Waals surface area contributed by atoms with Gasteiger partial charge in [0.1, 0.15) is 0 Å². The van der Waals surface area contributed by atoms with Crippen LogP contribution in [0.2, 0.25) is 0 Å². The van der Waals surface area contributed by atoms with Gasteiger partial charge < -0.3 is 5.11 Å². The van der Waals surface area contributed by atoms with Crippen LogP contribution in [-0.4, -0.2) is 11.1 Å². The van der Waals surface area contributed by atoms with E-state index in [1.165, 1.54) is 25.7 Å². The Kier molecular flexibility index (Phi) is 1.80. The molecule has 3 rings (SSSR count). The third-order valence-electron chi connectivity index (χ3n) is 5.33. The molecule has 4 atom stereocenters. The third-order valence-corrected chi connectivity index (χ3v) is 5.33. The molecule has 0 aromatic rings. The van der Waals surface area contributed by atoms with Gasteiger partial charge in [-0.3, -0.25) is 0 Å². The number of hydrogen-bond donors (Lipinski definition) is 1. The van der Waals surface area contributed by atoms with E-state index in [1.807, 2.05) is 0 Å². The largest absolute Gasteiger partial charge is 0.478 e. The summed E-state index contributed by atoms with van der Waals surface area (Å²) < 4.78 is 0. The lowest BCUT2D eigenvalue weighted by atomic mass is 9.68. The van der Waals surface area contributed by atoms with Crippen LogP contribution in [0.5, 0.6) is 0 Å². The first kappa shape index (κ1) is 9.44. The summed E-state index contributed by atoms with van der Waals surface area (Å²) in [5.41, 5.74) is 0.511. The maximum atomic E-state index is 11.2. The summed E-state index contributed by atoms with van der Waals surface area (Å²) in [7, 11) is 0. The van der Waals surface area contributed by atoms with E-state index in [9.17, 15) is 9.90 Å². The van der Waals surface area contributed by atoms with Crippen LogP contribution in [0.3, 0.4) is 0 Å². The lowest BCUT2D eigenvalue weighted by Crippen LogP contribution is -2.32. The third kappa shape index (κ3) is 1.03. The molecule has 15 heavy (non-hydrogen) atoms. The van der Waals surface area contributed by atoms with Crippen LogP contribution in [0.25, 0.3) is 0 Å². The summed E-state index contributed by atoms with van der Waals surface area (Å²) in [6, 6.07) is 0. The highest BCUT2D eigenvalue weighted by Crippen LogP contribution is 2.68. The quantitative estimate of drug-likeness (QED) is 0.705. The minimum Gasteiger partial charge on any atom is -0.478 e. The van der Waals surface area contributed by atoms with Crippen molar-refractivity contribution in [2.24, 2.45) is 23.2 Å². The van der Waals surface area contributed by atoms with E-state index in [0.29, 0.717) is 11.5 Å². The minimum atomic E-state index is -0.761. The molecule has 3 saturated carbocycles. The Bertz CT molecular complexity index is 333. The summed E-state index contributed by atoms with van der Waals surface area (Å²) in [5.74, 6) is 1.53. The van der Waals surface area contributed by atoms with Gasteiger partial charge in [0.15, 0.2) is 0 Å². The Morgan fingerprint density at radius 2 is 2.13 bits per heavy atom. The predicted octanol–water partition coefficient (Wildman–Crippen LogP) is 2.84. The second kappa shape index (κ2) is 2.87. The molecule has 3 fully saturated rings. The Balaban J connectivity index is 1.97. The van der Waals surface area contributed by atoms with Gasteiger partial charge in [-0.15, -0.1) is 0 Å². The molecule has 4 unspecified atom stereocenters. The van der Waals surface area contributed by atoms with E-state index >= 15 is 0 Å². The fourth-order valence-corrected chi connectivity index (χ4v) is 4.77. The minimum absolute atomic E-state index is 0.00231. The topological polar surface area (TPSA) is 37.3 Å². The fourth-order valence-electron chi connectivity index (χ4n) is 4.77. The molecule has 82 valence electrons. The van der Waals surface area contributed by atoms with Crippen molar-refractivity contribution in [2.45, 2.75) is 38.5 Å². The summed E-state index contributed by atoms with van der Waals surface area (Å²) in [5, 5.41) is 9.18. The number of carboxylic acid groups (broad SMARTS) is 1. The van der Waals surface area contributed by atoms with Crippen molar-refractivity contribution in [3.8, 4) is 0 Å². The zero-order valence-corrected chi connectivity index (χ0v) is 9.04. The number of carboxylic acids is 1. The molecule has 2 bridgehead atoms. The Morgan fingerprint density at radius 3 is 2.87 bits per heavy atom. The Hall–Kier alpha value is -0.790. The van der Waals surface area contributed by atoms with E-state index in [2.05, 4.69) is 6.58 Å². The normalized spacial score (nSPS) is 46.8. The van der Waals surface area contributed by atoms with Gasteiger partial charge >= 0.3 is 5.97 Å². The van der Waals surface area contributed by atoms with E-state index in [1.54, 1.807) is 0 Å². The summed E-state index contributed by atoms with van der Waals surface area (Å²) in [4.78, 5) is 11.2. The van der Waals surface area contributed by atoms with Crippen LogP contribution in [0.1, 0.15) is 38.5 Å². The van der Waals surface area contributed by atoms with Gasteiger partial charge in [-0.25, -0.2) is 4.79 Å². The maximum absolute atomic E-state index is 11.2. The molecule has 0 saturated heterocycles. The van der Waals surface area contributed by atoms with Gasteiger partial charge in [-0.1, -0.05) is 13.0 Å². The highest BCUT2D eigenvalue weighted by molar-refractivity contribution is 5.87. The van der Waals surface area contributed by atoms with Crippen molar-refractivity contribution in [3.63, 3.8) is 0 Å². The van der Waals surface area contributed by atoms with Gasteiger partial charge in [0, 0.05) is 11.0 Å². The van der Waals surface area contributed by atoms with Crippen LogP contribution < -0.4 is 0 Å². The molecular weight excluding hydrogens is 188 g/mol. The van der Waals surface area contributed by atoms with E-state index in [-0.39, 0.29) is 5.41 Å². The van der Waals surface area contributed by atoms with Crippen LogP contribution in [0.4, 0.5) is 0 Å². The average molecular weight is 206 g/mol. The fraction of sp³-hybridized carbons (Fsp3) is 0.769. The zero-order chi connectivity index (χ0) is 10.6. The van der Waals surface area contributed by atoms with Crippen molar-refractivity contribution in [2.75, 3.05) is 0 Å². The molecular formula is C13H18O2. The Morgan fingerprint density at radius 1 is 1.33 bits per heavy atom. The number of fused-ring (bicyclic) bond motifs is 5. The van der Waals surface area contributed by atoms with Crippen LogP contribution >= 0.6 is 0 Å². The molecule has 1 N–H and O–H groups in total. The lowest BCUT2D eigenvalue weighted by Gasteiger charge is -2.36. The second-order valence-corrected chi connectivity index (χ2v) is 5.64. The van der Waals surface area contributed by atoms with E-state index < -0.39 is 5.97 Å². The second-order valence-electron chi connectivity index (χ2n) is 5.64. The molecule has 0 amide bonds. The highest BCUT2D eigenvalue weighted by atomic mass is 16.4. The average Bonchev–Trinajstić information content (AvgIpc) is 2.88. The van der Waals surface area contributed by atoms with Crippen LogP contribution in [0.15, 0.2) is 12.2 Å². The first-order valence-corrected chi connectivity index (χ1v) is 6.08. The number of carbonyl (C=O) groups is 1. The standard InChI is InChI=1S/C13H18O2/c1-8(12(14)15)13-6-5-9(7-13)10-3-2-4-11(10)13/h9-11H,1-7H2,(H,14,15). The first-order valence-electron chi connectivity index (χ1n) is 6.08. The summed E-state index contributed by atoms with van der Waals surface area (Å²) >= 11 is 0. The number of rotatable bonds is 2. The van der Waals surface area contributed by atoms with Gasteiger partial charge in [0.05, 0.1) is 0 Å². The molecule has 2 nitrogen and oxygen atoms in total. The Labute approximate surface area is 90.4 Å². The zero-order valence-electron chi connectivity index (χ0n) is 9.04. The smallest absolute Gasteiger partial charge is 0.331 e. The first-order chi connectivity index (χ1) is 7.15. The van der Waals surface area contributed by atoms with E-state index in [0.717, 1.165) is 24.7 Å². The van der Waals surface area contributed by atoms with Crippen molar-refractivity contribution in [1.82, 2.24) is 0 Å². The lowest BCUT2D eigenvalue weighted by molar-refractivity contribution is -0.134. The van der Waals surface area contributed by atoms with Crippen molar-refractivity contribution in [3.05, 3.63) is 12.2 Å². The van der Waals surface area contributed by atoms with Gasteiger partial charge in [-0.05, 0) is 49.9 Å². The van der Waals surface area contributed by atoms with Crippen molar-refractivity contribution >= 4 is 5.97 Å². The van der Waals surface area contributed by atoms with Crippen molar-refractivity contribution in [1.29, 1.82) is 0 Å². The maximum Gasteiger partial charge on any atom is 0.331 e. The molecule has 0 spiro atoms. The van der Waals surface area contributed by atoms with Gasteiger partial charge in [-0.2, -0.15) is 0 Å². The molecule has 0 aromatic heterocycles. The van der Waals surface area contributed by atoms with E-state index in [4.69, 9.17) is 0 Å². The molecule has 0 radical (unpaired) electrons. The molecule has 3 aliphatic rings. The van der Waals surface area contributed by atoms with Crippen LogP contribution in [-0.2, 0) is 4.79 Å². The molecule has 2 heteroatoms.